The van der Waals surface area contributed by atoms with Crippen LogP contribution < -0.4 is 10.6 Å². The van der Waals surface area contributed by atoms with Crippen molar-refractivity contribution in [2.24, 2.45) is 5.73 Å². The highest BCUT2D eigenvalue weighted by Gasteiger charge is 2.16. The molecule has 1 fully saturated rings. The maximum atomic E-state index is 5.85. The molecule has 4 nitrogen and oxygen atoms in total. The molecule has 1 aliphatic rings. The van der Waals surface area contributed by atoms with Crippen molar-refractivity contribution in [1.29, 1.82) is 0 Å². The largest absolute Gasteiger partial charge is 0.378 e. The van der Waals surface area contributed by atoms with Gasteiger partial charge in [-0.05, 0) is 12.1 Å². The smallest absolute Gasteiger partial charge is 0.133 e. The van der Waals surface area contributed by atoms with E-state index in [4.69, 9.17) is 15.5 Å². The van der Waals surface area contributed by atoms with Crippen molar-refractivity contribution < 1.29 is 4.74 Å². The second-order valence-electron chi connectivity index (χ2n) is 4.47. The number of ether oxygens (including phenoxy) is 1. The van der Waals surface area contributed by atoms with E-state index in [1.807, 2.05) is 18.2 Å². The second-order valence-corrected chi connectivity index (χ2v) is 4.47. The van der Waals surface area contributed by atoms with Crippen molar-refractivity contribution in [3.8, 4) is 0 Å². The molecule has 0 saturated carbocycles. The van der Waals surface area contributed by atoms with Gasteiger partial charge >= 0.3 is 0 Å². The van der Waals surface area contributed by atoms with Gasteiger partial charge in [0, 0.05) is 30.6 Å². The van der Waals surface area contributed by atoms with Crippen LogP contribution in [0.3, 0.4) is 0 Å². The minimum Gasteiger partial charge on any atom is -0.378 e. The molecule has 1 saturated heterocycles. The summed E-state index contributed by atoms with van der Waals surface area (Å²) in [6.07, 6.45) is 0. The SMILES string of the molecule is NCc1cc2ccccc2nc1N1CCOCC1. The van der Waals surface area contributed by atoms with Gasteiger partial charge in [0.05, 0.1) is 18.7 Å². The minimum atomic E-state index is 0.518. The van der Waals surface area contributed by atoms with E-state index in [-0.39, 0.29) is 0 Å². The molecule has 2 aromatic rings. The first-order chi connectivity index (χ1) is 8.88. The van der Waals surface area contributed by atoms with Crippen LogP contribution in [0.4, 0.5) is 5.82 Å². The number of fused-ring (bicyclic) bond motifs is 1. The first-order valence-corrected chi connectivity index (χ1v) is 6.30. The molecule has 0 atom stereocenters. The fourth-order valence-electron chi connectivity index (χ4n) is 2.35. The topological polar surface area (TPSA) is 51.4 Å². The summed E-state index contributed by atoms with van der Waals surface area (Å²) < 4.78 is 5.38. The van der Waals surface area contributed by atoms with Gasteiger partial charge in [0.2, 0.25) is 0 Å². The third-order valence-corrected chi connectivity index (χ3v) is 3.31. The molecule has 18 heavy (non-hydrogen) atoms. The Hall–Kier alpha value is -1.65. The van der Waals surface area contributed by atoms with E-state index in [9.17, 15) is 0 Å². The number of nitrogens with two attached hydrogens (primary N) is 1. The van der Waals surface area contributed by atoms with Crippen molar-refractivity contribution in [2.45, 2.75) is 6.54 Å². The minimum absolute atomic E-state index is 0.518. The van der Waals surface area contributed by atoms with Gasteiger partial charge in [-0.3, -0.25) is 0 Å². The third-order valence-electron chi connectivity index (χ3n) is 3.31. The Bertz CT molecular complexity index is 550. The molecule has 2 heterocycles. The van der Waals surface area contributed by atoms with Gasteiger partial charge in [-0.2, -0.15) is 0 Å². The lowest BCUT2D eigenvalue weighted by Gasteiger charge is -2.29. The summed E-state index contributed by atoms with van der Waals surface area (Å²) in [5, 5.41) is 1.15. The molecule has 0 unspecified atom stereocenters. The van der Waals surface area contributed by atoms with Crippen LogP contribution in [0, 0.1) is 0 Å². The Morgan fingerprint density at radius 2 is 2.00 bits per heavy atom. The summed E-state index contributed by atoms with van der Waals surface area (Å²) in [5.41, 5.74) is 7.98. The third kappa shape index (κ3) is 2.05. The van der Waals surface area contributed by atoms with Crippen molar-refractivity contribution in [3.05, 3.63) is 35.9 Å². The number of pyridine rings is 1. The first kappa shape index (κ1) is 11.4. The average molecular weight is 243 g/mol. The van der Waals surface area contributed by atoms with E-state index in [2.05, 4.69) is 17.0 Å². The number of nitrogens with zero attached hydrogens (tertiary/aromatic N) is 2. The molecule has 1 aromatic heterocycles. The lowest BCUT2D eigenvalue weighted by molar-refractivity contribution is 0.122. The lowest BCUT2D eigenvalue weighted by atomic mass is 10.1. The molecule has 0 spiro atoms. The average Bonchev–Trinajstić information content (AvgIpc) is 2.46. The van der Waals surface area contributed by atoms with Crippen molar-refractivity contribution >= 4 is 16.7 Å². The van der Waals surface area contributed by atoms with Crippen LogP contribution in [-0.4, -0.2) is 31.3 Å². The highest BCUT2D eigenvalue weighted by atomic mass is 16.5. The molecule has 2 N–H and O–H groups in total. The van der Waals surface area contributed by atoms with E-state index in [0.29, 0.717) is 6.54 Å². The van der Waals surface area contributed by atoms with E-state index in [1.54, 1.807) is 0 Å². The lowest BCUT2D eigenvalue weighted by Crippen LogP contribution is -2.37. The number of rotatable bonds is 2. The van der Waals surface area contributed by atoms with Crippen molar-refractivity contribution in [1.82, 2.24) is 4.98 Å². The molecule has 4 heteroatoms. The molecular weight excluding hydrogens is 226 g/mol. The van der Waals surface area contributed by atoms with Crippen LogP contribution in [0.1, 0.15) is 5.56 Å². The Morgan fingerprint density at radius 1 is 1.22 bits per heavy atom. The number of aromatic nitrogens is 1. The van der Waals surface area contributed by atoms with E-state index < -0.39 is 0 Å². The normalized spacial score (nSPS) is 16.2. The molecule has 1 aliphatic heterocycles. The number of para-hydroxylation sites is 1. The van der Waals surface area contributed by atoms with Gasteiger partial charge in [0.25, 0.3) is 0 Å². The summed E-state index contributed by atoms with van der Waals surface area (Å²) in [5.74, 6) is 1.01. The second kappa shape index (κ2) is 4.92. The zero-order chi connectivity index (χ0) is 12.4. The number of hydrogen-bond donors (Lipinski definition) is 1. The fourth-order valence-corrected chi connectivity index (χ4v) is 2.35. The van der Waals surface area contributed by atoms with Crippen LogP contribution >= 0.6 is 0 Å². The van der Waals surface area contributed by atoms with Gasteiger partial charge in [-0.1, -0.05) is 18.2 Å². The first-order valence-electron chi connectivity index (χ1n) is 6.30. The molecule has 0 radical (unpaired) electrons. The Balaban J connectivity index is 2.08. The molecule has 0 bridgehead atoms. The predicted molar refractivity (Wildman–Crippen MR) is 72.7 cm³/mol. The Kier molecular flexibility index (Phi) is 3.13. The molecular formula is C14H17N3O. The molecule has 0 amide bonds. The monoisotopic (exact) mass is 243 g/mol. The summed E-state index contributed by atoms with van der Waals surface area (Å²) in [7, 11) is 0. The number of benzene rings is 1. The van der Waals surface area contributed by atoms with Gasteiger partial charge < -0.3 is 15.4 Å². The van der Waals surface area contributed by atoms with Gasteiger partial charge in [-0.25, -0.2) is 4.98 Å². The van der Waals surface area contributed by atoms with Gasteiger partial charge in [0.1, 0.15) is 5.82 Å². The predicted octanol–water partition coefficient (Wildman–Crippen LogP) is 1.53. The number of anilines is 1. The summed E-state index contributed by atoms with van der Waals surface area (Å²) >= 11 is 0. The Morgan fingerprint density at radius 3 is 2.78 bits per heavy atom. The molecule has 94 valence electrons. The molecule has 0 aliphatic carbocycles. The fraction of sp³-hybridized carbons (Fsp3) is 0.357. The van der Waals surface area contributed by atoms with Crippen molar-refractivity contribution in [3.63, 3.8) is 0 Å². The van der Waals surface area contributed by atoms with E-state index in [0.717, 1.165) is 48.6 Å². The van der Waals surface area contributed by atoms with Gasteiger partial charge in [0.15, 0.2) is 0 Å². The summed E-state index contributed by atoms with van der Waals surface area (Å²) in [6, 6.07) is 10.3. The van der Waals surface area contributed by atoms with Crippen LogP contribution in [0.25, 0.3) is 10.9 Å². The summed E-state index contributed by atoms with van der Waals surface area (Å²) in [4.78, 5) is 7.02. The van der Waals surface area contributed by atoms with E-state index in [1.165, 1.54) is 0 Å². The maximum absolute atomic E-state index is 5.85. The van der Waals surface area contributed by atoms with Crippen LogP contribution in [0.2, 0.25) is 0 Å². The molecule has 3 rings (SSSR count). The van der Waals surface area contributed by atoms with E-state index >= 15 is 0 Å². The Labute approximate surface area is 106 Å². The molecule has 1 aromatic carbocycles. The van der Waals surface area contributed by atoms with Crippen LogP contribution in [0.15, 0.2) is 30.3 Å². The quantitative estimate of drug-likeness (QED) is 0.869. The van der Waals surface area contributed by atoms with Crippen molar-refractivity contribution in [2.75, 3.05) is 31.2 Å². The number of morpholine rings is 1. The zero-order valence-corrected chi connectivity index (χ0v) is 10.3. The standard InChI is InChI=1S/C14H17N3O/c15-10-12-9-11-3-1-2-4-13(11)16-14(12)17-5-7-18-8-6-17/h1-4,9H,5-8,10,15H2. The number of hydrogen-bond acceptors (Lipinski definition) is 4. The highest BCUT2D eigenvalue weighted by molar-refractivity contribution is 5.81. The van der Waals surface area contributed by atoms with Crippen LogP contribution in [-0.2, 0) is 11.3 Å². The van der Waals surface area contributed by atoms with Crippen LogP contribution in [0.5, 0.6) is 0 Å². The summed E-state index contributed by atoms with van der Waals surface area (Å²) in [6.45, 7) is 3.82. The van der Waals surface area contributed by atoms with Gasteiger partial charge in [-0.15, -0.1) is 0 Å². The maximum Gasteiger partial charge on any atom is 0.133 e. The zero-order valence-electron chi connectivity index (χ0n) is 10.3. The highest BCUT2D eigenvalue weighted by Crippen LogP contribution is 2.23.